The van der Waals surface area contributed by atoms with Gasteiger partial charge in [0.25, 0.3) is 0 Å². The molecule has 2 rings (SSSR count). The van der Waals surface area contributed by atoms with E-state index in [1.54, 1.807) is 0 Å². The Bertz CT molecular complexity index is 975. The van der Waals surface area contributed by atoms with Crippen LogP contribution in [0.3, 0.4) is 0 Å². The number of hydrogen-bond donors (Lipinski definition) is 0. The first kappa shape index (κ1) is 46.4. The predicted molar refractivity (Wildman–Crippen MR) is 228 cm³/mol. The molecule has 2 aromatic carbocycles. The normalized spacial score (nSPS) is 11.7. The van der Waals surface area contributed by atoms with Crippen LogP contribution in [-0.4, -0.2) is 62.3 Å². The minimum atomic E-state index is 0.684. The first-order chi connectivity index (χ1) is 25.7. The molecule has 0 spiro atoms. The number of unbranched alkanes of at least 4 members (excludes halogenated alkanes) is 16. The topological polar surface area (TPSA) is 24.9 Å². The van der Waals surface area contributed by atoms with E-state index in [0.717, 1.165) is 26.1 Å². The van der Waals surface area contributed by atoms with E-state index in [9.17, 15) is 0 Å². The molecule has 0 saturated carbocycles. The van der Waals surface area contributed by atoms with Crippen molar-refractivity contribution in [1.82, 2.24) is 9.80 Å². The molecule has 2 aromatic rings. The quantitative estimate of drug-likeness (QED) is 0.0649. The number of ether oxygens (including phenoxy) is 2. The van der Waals surface area contributed by atoms with E-state index in [1.165, 1.54) is 190 Å². The summed E-state index contributed by atoms with van der Waals surface area (Å²) in [4.78, 5) is 5.46. The molecule has 0 fully saturated rings. The van der Waals surface area contributed by atoms with Gasteiger partial charge < -0.3 is 19.3 Å². The Morgan fingerprint density at radius 3 is 1.02 bits per heavy atom. The van der Waals surface area contributed by atoms with E-state index in [1.807, 2.05) is 0 Å². The molecule has 0 aliphatic carbocycles. The van der Waals surface area contributed by atoms with Gasteiger partial charge in [0.15, 0.2) is 0 Å². The van der Waals surface area contributed by atoms with Crippen molar-refractivity contribution in [3.63, 3.8) is 0 Å². The Labute approximate surface area is 323 Å². The summed E-state index contributed by atoms with van der Waals surface area (Å²) in [5, 5.41) is 0. The minimum absolute atomic E-state index is 0.684. The third kappa shape index (κ3) is 24.6. The maximum absolute atomic E-state index is 6.18. The van der Waals surface area contributed by atoms with Crippen molar-refractivity contribution in [2.24, 2.45) is 0 Å². The predicted octanol–water partition coefficient (Wildman–Crippen LogP) is 13.7. The standard InChI is InChI=1S/C48H84N2O2/c1-5-9-13-17-21-35-49(33-19-15-11-7-3)37-23-25-39-51-43-45-29-27-31-47(41-45)48-32-28-30-46(42-48)44-52-40-26-24-38-50(34-20-16-12-8-4)36-22-18-14-10-6-2/h27-32,41-42H,5-26,33-40,43-44H2,1-4H3. The minimum Gasteiger partial charge on any atom is -0.377 e. The van der Waals surface area contributed by atoms with E-state index in [4.69, 9.17) is 9.47 Å². The van der Waals surface area contributed by atoms with Crippen molar-refractivity contribution >= 4 is 0 Å². The van der Waals surface area contributed by atoms with E-state index in [0.29, 0.717) is 13.2 Å². The second kappa shape index (κ2) is 33.8. The number of rotatable bonds is 37. The Hall–Kier alpha value is -1.72. The van der Waals surface area contributed by atoms with Gasteiger partial charge in [0.05, 0.1) is 13.2 Å². The van der Waals surface area contributed by atoms with Crippen molar-refractivity contribution in [3.05, 3.63) is 59.7 Å². The summed E-state index contributed by atoms with van der Waals surface area (Å²) >= 11 is 0. The van der Waals surface area contributed by atoms with Gasteiger partial charge in [-0.15, -0.1) is 0 Å². The first-order valence-electron chi connectivity index (χ1n) is 22.5. The van der Waals surface area contributed by atoms with Gasteiger partial charge in [-0.05, 0) is 125 Å². The van der Waals surface area contributed by atoms with Gasteiger partial charge in [-0.3, -0.25) is 0 Å². The Morgan fingerprint density at radius 1 is 0.365 bits per heavy atom. The highest BCUT2D eigenvalue weighted by Crippen LogP contribution is 2.23. The van der Waals surface area contributed by atoms with Crippen molar-refractivity contribution in [2.45, 2.75) is 182 Å². The molecule has 0 bridgehead atoms. The molecule has 0 N–H and O–H groups in total. The molecule has 4 heteroatoms. The molecular formula is C48H84N2O2. The summed E-state index contributed by atoms with van der Waals surface area (Å²) in [5.41, 5.74) is 5.02. The molecule has 0 aliphatic rings. The molecule has 0 heterocycles. The lowest BCUT2D eigenvalue weighted by molar-refractivity contribution is 0.113. The van der Waals surface area contributed by atoms with Crippen molar-refractivity contribution in [2.75, 3.05) is 52.5 Å². The molecule has 0 radical (unpaired) electrons. The maximum atomic E-state index is 6.18. The van der Waals surface area contributed by atoms with Crippen LogP contribution in [0.15, 0.2) is 48.5 Å². The Kier molecular flexibility index (Phi) is 30.2. The van der Waals surface area contributed by atoms with Gasteiger partial charge >= 0.3 is 0 Å². The van der Waals surface area contributed by atoms with Crippen LogP contribution in [0.25, 0.3) is 11.1 Å². The van der Waals surface area contributed by atoms with Crippen LogP contribution in [0.5, 0.6) is 0 Å². The molecule has 0 amide bonds. The monoisotopic (exact) mass is 721 g/mol. The summed E-state index contributed by atoms with van der Waals surface area (Å²) in [6.45, 7) is 19.8. The first-order valence-corrected chi connectivity index (χ1v) is 22.5. The van der Waals surface area contributed by atoms with Crippen LogP contribution in [-0.2, 0) is 22.7 Å². The molecule has 52 heavy (non-hydrogen) atoms. The van der Waals surface area contributed by atoms with E-state index in [-0.39, 0.29) is 0 Å². The third-order valence-electron chi connectivity index (χ3n) is 10.6. The van der Waals surface area contributed by atoms with Crippen molar-refractivity contribution < 1.29 is 9.47 Å². The van der Waals surface area contributed by atoms with E-state index >= 15 is 0 Å². The lowest BCUT2D eigenvalue weighted by Gasteiger charge is -2.22. The highest BCUT2D eigenvalue weighted by molar-refractivity contribution is 5.64. The number of nitrogens with zero attached hydrogens (tertiary/aromatic N) is 2. The van der Waals surface area contributed by atoms with Crippen LogP contribution in [0, 0.1) is 0 Å². The third-order valence-corrected chi connectivity index (χ3v) is 10.6. The van der Waals surface area contributed by atoms with Gasteiger partial charge in [0.2, 0.25) is 0 Å². The fourth-order valence-corrected chi connectivity index (χ4v) is 7.21. The second-order valence-corrected chi connectivity index (χ2v) is 15.6. The summed E-state index contributed by atoms with van der Waals surface area (Å²) < 4.78 is 12.4. The lowest BCUT2D eigenvalue weighted by atomic mass is 10.0. The number of benzene rings is 2. The molecular weight excluding hydrogens is 637 g/mol. The molecule has 0 saturated heterocycles. The van der Waals surface area contributed by atoms with Crippen molar-refractivity contribution in [1.29, 1.82) is 0 Å². The van der Waals surface area contributed by atoms with Gasteiger partial charge in [-0.1, -0.05) is 154 Å². The van der Waals surface area contributed by atoms with Crippen LogP contribution >= 0.6 is 0 Å². The largest absolute Gasteiger partial charge is 0.377 e. The summed E-state index contributed by atoms with van der Waals surface area (Å²) in [6, 6.07) is 17.8. The highest BCUT2D eigenvalue weighted by Gasteiger charge is 2.07. The van der Waals surface area contributed by atoms with Crippen molar-refractivity contribution in [3.8, 4) is 11.1 Å². The zero-order chi connectivity index (χ0) is 37.2. The smallest absolute Gasteiger partial charge is 0.0717 e. The number of hydrogen-bond acceptors (Lipinski definition) is 4. The average molecular weight is 721 g/mol. The summed E-state index contributed by atoms with van der Waals surface area (Å²) in [5.74, 6) is 0. The van der Waals surface area contributed by atoms with Gasteiger partial charge in [-0.2, -0.15) is 0 Å². The molecule has 4 nitrogen and oxygen atoms in total. The molecule has 0 unspecified atom stereocenters. The van der Waals surface area contributed by atoms with Gasteiger partial charge in [0, 0.05) is 13.2 Å². The highest BCUT2D eigenvalue weighted by atomic mass is 16.5. The van der Waals surface area contributed by atoms with E-state index in [2.05, 4.69) is 86.0 Å². The fourth-order valence-electron chi connectivity index (χ4n) is 7.21. The fraction of sp³-hybridized carbons (Fsp3) is 0.750. The van der Waals surface area contributed by atoms with Gasteiger partial charge in [-0.25, -0.2) is 0 Å². The average Bonchev–Trinajstić information content (AvgIpc) is 3.17. The molecule has 0 aliphatic heterocycles. The van der Waals surface area contributed by atoms with Gasteiger partial charge in [0.1, 0.15) is 0 Å². The molecule has 0 aromatic heterocycles. The van der Waals surface area contributed by atoms with Crippen LogP contribution < -0.4 is 0 Å². The maximum Gasteiger partial charge on any atom is 0.0717 e. The summed E-state index contributed by atoms with van der Waals surface area (Å²) in [6.07, 6.45) is 29.3. The summed E-state index contributed by atoms with van der Waals surface area (Å²) in [7, 11) is 0. The van der Waals surface area contributed by atoms with Crippen LogP contribution in [0.4, 0.5) is 0 Å². The Morgan fingerprint density at radius 2 is 0.673 bits per heavy atom. The zero-order valence-electron chi connectivity index (χ0n) is 35.0. The van der Waals surface area contributed by atoms with Crippen LogP contribution in [0.1, 0.15) is 180 Å². The lowest BCUT2D eigenvalue weighted by Crippen LogP contribution is -2.27. The molecule has 298 valence electrons. The SMILES string of the molecule is CCCCCCCN(CCCCCC)CCCCOCc1cccc(-c2cccc(COCCCCN(CCCCCC)CCCCCCC)c2)c1. The second-order valence-electron chi connectivity index (χ2n) is 15.6. The zero-order valence-corrected chi connectivity index (χ0v) is 35.0. The Balaban J connectivity index is 1.69. The van der Waals surface area contributed by atoms with E-state index < -0.39 is 0 Å². The molecule has 0 atom stereocenters. The van der Waals surface area contributed by atoms with Crippen LogP contribution in [0.2, 0.25) is 0 Å².